The van der Waals surface area contributed by atoms with Gasteiger partial charge in [-0.1, -0.05) is 0 Å². The highest BCUT2D eigenvalue weighted by Crippen LogP contribution is 1.88. The molecule has 0 aliphatic carbocycles. The van der Waals surface area contributed by atoms with Crippen molar-refractivity contribution in [2.75, 3.05) is 13.3 Å². The highest BCUT2D eigenvalue weighted by atomic mass is 32.2. The van der Waals surface area contributed by atoms with E-state index in [0.29, 0.717) is 0 Å². The second kappa shape index (κ2) is 4.64. The summed E-state index contributed by atoms with van der Waals surface area (Å²) in [7, 11) is 1.56. The number of nitrogens with zero attached hydrogens (tertiary/aromatic N) is 1. The molecule has 0 aliphatic heterocycles. The molecule has 0 rings (SSSR count). The van der Waals surface area contributed by atoms with Crippen LogP contribution in [0.1, 0.15) is 0 Å². The van der Waals surface area contributed by atoms with Gasteiger partial charge in [0.05, 0.1) is 6.21 Å². The van der Waals surface area contributed by atoms with Crippen molar-refractivity contribution in [3.8, 4) is 0 Å². The van der Waals surface area contributed by atoms with Crippen LogP contribution in [0.5, 0.6) is 0 Å². The van der Waals surface area contributed by atoms with Crippen LogP contribution < -0.4 is 5.32 Å². The van der Waals surface area contributed by atoms with Crippen molar-refractivity contribution in [3.05, 3.63) is 0 Å². The van der Waals surface area contributed by atoms with Crippen LogP contribution in [0.4, 0.5) is 0 Å². The van der Waals surface area contributed by atoms with Gasteiger partial charge in [0.1, 0.15) is 0 Å². The molecule has 0 aromatic rings. The maximum atomic E-state index is 10.3. The zero-order chi connectivity index (χ0) is 6.41. The Morgan fingerprint density at radius 3 is 2.88 bits per heavy atom. The number of hydrogen-bond donors (Lipinski definition) is 1. The molecule has 8 heavy (non-hydrogen) atoms. The summed E-state index contributed by atoms with van der Waals surface area (Å²) < 4.78 is 3.62. The fourth-order valence-electron chi connectivity index (χ4n) is 0.165. The fourth-order valence-corrected chi connectivity index (χ4v) is 0.366. The summed E-state index contributed by atoms with van der Waals surface area (Å²) in [6, 6.07) is 0. The molecular weight excluding hydrogens is 124 g/mol. The third-order valence-electron chi connectivity index (χ3n) is 0.522. The number of hydrogen-bond acceptors (Lipinski definition) is 3. The highest BCUT2D eigenvalue weighted by Gasteiger charge is 1.84. The second-order valence-electron chi connectivity index (χ2n) is 1.03. The summed E-state index contributed by atoms with van der Waals surface area (Å²) in [6.45, 7) is 0. The molecule has 0 spiro atoms. The molecule has 0 aromatic carbocycles. The summed E-state index contributed by atoms with van der Waals surface area (Å²) in [5, 5.41) is 2.40. The van der Waals surface area contributed by atoms with Crippen molar-refractivity contribution in [3.63, 3.8) is 0 Å². The van der Waals surface area contributed by atoms with E-state index in [1.807, 2.05) is 0 Å². The second-order valence-corrected chi connectivity index (χ2v) is 1.61. The standard InChI is InChI=1S/C4H8N2OS/c1-5-4(7)3-6-8-2/h3H,1-2H3,(H,5,7). The number of nitrogens with one attached hydrogen (secondary N) is 1. The molecule has 46 valence electrons. The Bertz CT molecular complexity index is 102. The lowest BCUT2D eigenvalue weighted by Gasteiger charge is -1.84. The van der Waals surface area contributed by atoms with Crippen LogP contribution in [-0.2, 0) is 4.79 Å². The third-order valence-corrected chi connectivity index (χ3v) is 0.838. The van der Waals surface area contributed by atoms with Gasteiger partial charge in [0.2, 0.25) is 0 Å². The molecule has 0 saturated carbocycles. The lowest BCUT2D eigenvalue weighted by atomic mass is 10.7. The summed E-state index contributed by atoms with van der Waals surface area (Å²) >= 11 is 1.25. The Morgan fingerprint density at radius 2 is 2.50 bits per heavy atom. The minimum atomic E-state index is -0.167. The van der Waals surface area contributed by atoms with E-state index >= 15 is 0 Å². The van der Waals surface area contributed by atoms with E-state index < -0.39 is 0 Å². The Balaban J connectivity index is 3.37. The summed E-state index contributed by atoms with van der Waals surface area (Å²) in [4.78, 5) is 10.3. The summed E-state index contributed by atoms with van der Waals surface area (Å²) in [5.74, 6) is -0.167. The van der Waals surface area contributed by atoms with Crippen LogP contribution >= 0.6 is 11.9 Å². The van der Waals surface area contributed by atoms with Gasteiger partial charge in [-0.2, -0.15) is 0 Å². The van der Waals surface area contributed by atoms with Crippen molar-refractivity contribution < 1.29 is 4.79 Å². The van der Waals surface area contributed by atoms with E-state index in [9.17, 15) is 4.79 Å². The minimum absolute atomic E-state index is 0.167. The topological polar surface area (TPSA) is 41.5 Å². The summed E-state index contributed by atoms with van der Waals surface area (Å²) in [6.07, 6.45) is 3.03. The van der Waals surface area contributed by atoms with Gasteiger partial charge >= 0.3 is 0 Å². The molecule has 0 radical (unpaired) electrons. The molecule has 4 heteroatoms. The zero-order valence-electron chi connectivity index (χ0n) is 4.84. The Morgan fingerprint density at radius 1 is 1.88 bits per heavy atom. The van der Waals surface area contributed by atoms with Crippen LogP contribution in [0.3, 0.4) is 0 Å². The van der Waals surface area contributed by atoms with Gasteiger partial charge in [0, 0.05) is 13.3 Å². The van der Waals surface area contributed by atoms with Crippen LogP contribution in [-0.4, -0.2) is 25.4 Å². The van der Waals surface area contributed by atoms with Crippen molar-refractivity contribution in [2.45, 2.75) is 0 Å². The van der Waals surface area contributed by atoms with Gasteiger partial charge in [-0.15, -0.1) is 0 Å². The first-order valence-corrected chi connectivity index (χ1v) is 3.27. The molecule has 0 fully saturated rings. The molecule has 0 bridgehead atoms. The molecule has 0 heterocycles. The Kier molecular flexibility index (Phi) is 4.35. The molecule has 3 nitrogen and oxygen atoms in total. The van der Waals surface area contributed by atoms with Crippen molar-refractivity contribution in [1.82, 2.24) is 5.32 Å². The quantitative estimate of drug-likeness (QED) is 0.427. The summed E-state index contributed by atoms with van der Waals surface area (Å²) in [5.41, 5.74) is 0. The molecule has 0 unspecified atom stereocenters. The predicted molar refractivity (Wildman–Crippen MR) is 36.1 cm³/mol. The first-order chi connectivity index (χ1) is 3.81. The van der Waals surface area contributed by atoms with Crippen LogP contribution in [0.25, 0.3) is 0 Å². The third kappa shape index (κ3) is 3.67. The van der Waals surface area contributed by atoms with Crippen LogP contribution in [0.2, 0.25) is 0 Å². The monoisotopic (exact) mass is 132 g/mol. The van der Waals surface area contributed by atoms with Gasteiger partial charge in [-0.25, -0.2) is 4.40 Å². The largest absolute Gasteiger partial charge is 0.354 e. The van der Waals surface area contributed by atoms with Crippen molar-refractivity contribution in [1.29, 1.82) is 0 Å². The van der Waals surface area contributed by atoms with E-state index in [2.05, 4.69) is 9.71 Å². The van der Waals surface area contributed by atoms with Crippen LogP contribution in [0, 0.1) is 0 Å². The van der Waals surface area contributed by atoms with E-state index in [4.69, 9.17) is 0 Å². The van der Waals surface area contributed by atoms with E-state index in [0.717, 1.165) is 0 Å². The maximum absolute atomic E-state index is 10.3. The number of amides is 1. The van der Waals surface area contributed by atoms with E-state index in [-0.39, 0.29) is 5.91 Å². The average Bonchev–Trinajstić information content (AvgIpc) is 1.83. The first kappa shape index (κ1) is 7.49. The van der Waals surface area contributed by atoms with E-state index in [1.165, 1.54) is 18.2 Å². The Hall–Kier alpha value is -0.510. The van der Waals surface area contributed by atoms with Gasteiger partial charge in [-0.3, -0.25) is 4.79 Å². The molecule has 0 aromatic heterocycles. The SMILES string of the molecule is CNC(=O)C=NSC. The Labute approximate surface area is 52.7 Å². The number of carbonyl (C=O) groups is 1. The van der Waals surface area contributed by atoms with Gasteiger partial charge in [-0.05, 0) is 11.9 Å². The number of rotatable bonds is 2. The smallest absolute Gasteiger partial charge is 0.262 e. The van der Waals surface area contributed by atoms with Crippen molar-refractivity contribution >= 4 is 24.1 Å². The lowest BCUT2D eigenvalue weighted by molar-refractivity contribution is -0.113. The predicted octanol–water partition coefficient (Wildman–Crippen LogP) is 0.0812. The molecule has 0 saturated heterocycles. The molecule has 1 amide bonds. The van der Waals surface area contributed by atoms with Gasteiger partial charge in [0.25, 0.3) is 5.91 Å². The molecular formula is C4H8N2OS. The fraction of sp³-hybridized carbons (Fsp3) is 0.500. The zero-order valence-corrected chi connectivity index (χ0v) is 5.66. The average molecular weight is 132 g/mol. The normalized spacial score (nSPS) is 9.75. The maximum Gasteiger partial charge on any atom is 0.262 e. The first-order valence-electron chi connectivity index (χ1n) is 2.09. The van der Waals surface area contributed by atoms with Gasteiger partial charge < -0.3 is 5.32 Å². The van der Waals surface area contributed by atoms with Crippen molar-refractivity contribution in [2.24, 2.45) is 4.40 Å². The van der Waals surface area contributed by atoms with Gasteiger partial charge in [0.15, 0.2) is 0 Å². The minimum Gasteiger partial charge on any atom is -0.354 e. The van der Waals surface area contributed by atoms with Crippen LogP contribution in [0.15, 0.2) is 4.40 Å². The van der Waals surface area contributed by atoms with E-state index in [1.54, 1.807) is 13.3 Å². The number of carbonyl (C=O) groups excluding carboxylic acids is 1. The molecule has 0 aliphatic rings. The highest BCUT2D eigenvalue weighted by molar-refractivity contribution is 7.97. The lowest BCUT2D eigenvalue weighted by Crippen LogP contribution is -2.18. The molecule has 0 atom stereocenters. The molecule has 1 N–H and O–H groups in total.